The molecular formula is C15H15ClN4O2. The van der Waals surface area contributed by atoms with Crippen molar-refractivity contribution >= 4 is 28.6 Å². The highest BCUT2D eigenvalue weighted by molar-refractivity contribution is 6.31. The first-order chi connectivity index (χ1) is 10.5. The van der Waals surface area contributed by atoms with E-state index in [-0.39, 0.29) is 5.69 Å². The Kier molecular flexibility index (Phi) is 3.62. The molecule has 3 rings (SSSR count). The van der Waals surface area contributed by atoms with E-state index in [1.165, 1.54) is 0 Å². The molecule has 7 heteroatoms. The molecule has 2 heterocycles. The van der Waals surface area contributed by atoms with E-state index in [0.29, 0.717) is 23.0 Å². The number of ether oxygens (including phenoxy) is 1. The summed E-state index contributed by atoms with van der Waals surface area (Å²) in [4.78, 5) is 16.7. The summed E-state index contributed by atoms with van der Waals surface area (Å²) in [7, 11) is 3.63. The van der Waals surface area contributed by atoms with Gasteiger partial charge in [-0.15, -0.1) is 0 Å². The molecule has 114 valence electrons. The molecule has 0 saturated carbocycles. The number of hydrogen-bond acceptors (Lipinski definition) is 4. The lowest BCUT2D eigenvalue weighted by molar-refractivity contribution is 0.0519. The zero-order valence-electron chi connectivity index (χ0n) is 12.5. The second kappa shape index (κ2) is 5.46. The molecule has 0 unspecified atom stereocenters. The molecule has 0 bridgehead atoms. The zero-order valence-corrected chi connectivity index (χ0v) is 13.3. The van der Waals surface area contributed by atoms with Crippen LogP contribution < -0.4 is 0 Å². The second-order valence-electron chi connectivity index (χ2n) is 4.91. The number of rotatable bonds is 3. The Labute approximate surface area is 132 Å². The molecule has 1 aromatic carbocycles. The van der Waals surface area contributed by atoms with Gasteiger partial charge in [0.2, 0.25) is 0 Å². The number of aryl methyl sites for hydroxylation is 2. The van der Waals surface area contributed by atoms with Crippen LogP contribution in [0.3, 0.4) is 0 Å². The lowest BCUT2D eigenvalue weighted by Crippen LogP contribution is -2.08. The van der Waals surface area contributed by atoms with Crippen molar-refractivity contribution in [2.75, 3.05) is 6.61 Å². The number of carbonyl (C=O) groups excluding carboxylic acids is 1. The van der Waals surface area contributed by atoms with Crippen LogP contribution in [-0.4, -0.2) is 31.9 Å². The first kappa shape index (κ1) is 14.6. The molecule has 0 aliphatic rings. The molecule has 0 N–H and O–H groups in total. The minimum absolute atomic E-state index is 0.258. The van der Waals surface area contributed by atoms with Gasteiger partial charge < -0.3 is 9.30 Å². The predicted molar refractivity (Wildman–Crippen MR) is 83.9 cm³/mol. The van der Waals surface area contributed by atoms with Gasteiger partial charge in [0.05, 0.1) is 23.2 Å². The Morgan fingerprint density at radius 1 is 1.36 bits per heavy atom. The number of nitrogens with zero attached hydrogens (tertiary/aromatic N) is 4. The minimum atomic E-state index is -0.455. The molecule has 6 nitrogen and oxygen atoms in total. The fourth-order valence-corrected chi connectivity index (χ4v) is 2.57. The van der Waals surface area contributed by atoms with Gasteiger partial charge in [-0.1, -0.05) is 11.6 Å². The van der Waals surface area contributed by atoms with E-state index >= 15 is 0 Å². The number of benzene rings is 1. The monoisotopic (exact) mass is 318 g/mol. The number of fused-ring (bicyclic) bond motifs is 1. The van der Waals surface area contributed by atoms with Gasteiger partial charge in [-0.25, -0.2) is 9.78 Å². The molecular weight excluding hydrogens is 304 g/mol. The maximum Gasteiger partial charge on any atom is 0.359 e. The van der Waals surface area contributed by atoms with Gasteiger partial charge in [0.1, 0.15) is 5.82 Å². The van der Waals surface area contributed by atoms with Crippen LogP contribution in [0.15, 0.2) is 24.4 Å². The first-order valence-electron chi connectivity index (χ1n) is 6.84. The Balaban J connectivity index is 2.19. The summed E-state index contributed by atoms with van der Waals surface area (Å²) < 4.78 is 8.53. The highest BCUT2D eigenvalue weighted by Gasteiger charge is 2.22. The van der Waals surface area contributed by atoms with E-state index in [9.17, 15) is 4.79 Å². The molecule has 0 saturated heterocycles. The summed E-state index contributed by atoms with van der Waals surface area (Å²) in [5, 5.41) is 4.83. The van der Waals surface area contributed by atoms with Crippen LogP contribution in [-0.2, 0) is 18.8 Å². The Morgan fingerprint density at radius 3 is 2.86 bits per heavy atom. The number of carbonyl (C=O) groups is 1. The van der Waals surface area contributed by atoms with Crippen molar-refractivity contribution < 1.29 is 9.53 Å². The first-order valence-corrected chi connectivity index (χ1v) is 7.22. The van der Waals surface area contributed by atoms with Gasteiger partial charge in [0.25, 0.3) is 0 Å². The molecule has 2 aromatic heterocycles. The number of halogens is 1. The molecule has 0 spiro atoms. The Morgan fingerprint density at radius 2 is 2.14 bits per heavy atom. The lowest BCUT2D eigenvalue weighted by atomic mass is 10.2. The highest BCUT2D eigenvalue weighted by atomic mass is 35.5. The van der Waals surface area contributed by atoms with E-state index in [4.69, 9.17) is 16.3 Å². The van der Waals surface area contributed by atoms with Crippen molar-refractivity contribution in [1.82, 2.24) is 19.3 Å². The molecule has 0 aliphatic carbocycles. The fourth-order valence-electron chi connectivity index (χ4n) is 2.41. The van der Waals surface area contributed by atoms with Crippen molar-refractivity contribution in [2.45, 2.75) is 6.92 Å². The summed E-state index contributed by atoms with van der Waals surface area (Å²) in [5.74, 6) is 0.191. The van der Waals surface area contributed by atoms with Crippen molar-refractivity contribution in [3.05, 3.63) is 35.1 Å². The maximum atomic E-state index is 12.1. The van der Waals surface area contributed by atoms with Crippen LogP contribution in [0.5, 0.6) is 0 Å². The largest absolute Gasteiger partial charge is 0.461 e. The average Bonchev–Trinajstić information content (AvgIpc) is 3.01. The predicted octanol–water partition coefficient (Wildman–Crippen LogP) is 2.80. The number of imidazole rings is 1. The second-order valence-corrected chi connectivity index (χ2v) is 5.35. The normalized spacial score (nSPS) is 11.1. The Bertz CT molecular complexity index is 866. The minimum Gasteiger partial charge on any atom is -0.461 e. The number of aromatic nitrogens is 4. The molecule has 0 fully saturated rings. The topological polar surface area (TPSA) is 61.9 Å². The molecule has 0 amide bonds. The zero-order chi connectivity index (χ0) is 15.9. The van der Waals surface area contributed by atoms with Gasteiger partial charge in [0.15, 0.2) is 5.69 Å². The molecule has 0 radical (unpaired) electrons. The SMILES string of the molecule is CCOC(=O)c1nn(C)cc1-c1nc2ccc(Cl)cc2n1C. The van der Waals surface area contributed by atoms with Crippen LogP contribution in [0, 0.1) is 0 Å². The smallest absolute Gasteiger partial charge is 0.359 e. The van der Waals surface area contributed by atoms with Crippen LogP contribution in [0.1, 0.15) is 17.4 Å². The molecule has 22 heavy (non-hydrogen) atoms. The van der Waals surface area contributed by atoms with Gasteiger partial charge >= 0.3 is 5.97 Å². The van der Waals surface area contributed by atoms with Crippen molar-refractivity contribution in [3.63, 3.8) is 0 Å². The van der Waals surface area contributed by atoms with Crippen LogP contribution in [0.25, 0.3) is 22.4 Å². The fraction of sp³-hybridized carbons (Fsp3) is 0.267. The standard InChI is InChI=1S/C15H15ClN4O2/c1-4-22-15(21)13-10(8-19(2)18-13)14-17-11-6-5-9(16)7-12(11)20(14)3/h5-8H,4H2,1-3H3. The summed E-state index contributed by atoms with van der Waals surface area (Å²) >= 11 is 6.04. The highest BCUT2D eigenvalue weighted by Crippen LogP contribution is 2.27. The molecule has 0 atom stereocenters. The van der Waals surface area contributed by atoms with E-state index in [0.717, 1.165) is 11.0 Å². The van der Waals surface area contributed by atoms with Crippen molar-refractivity contribution in [1.29, 1.82) is 0 Å². The van der Waals surface area contributed by atoms with Crippen LogP contribution in [0.2, 0.25) is 5.02 Å². The van der Waals surface area contributed by atoms with E-state index in [1.54, 1.807) is 30.9 Å². The molecule has 3 aromatic rings. The van der Waals surface area contributed by atoms with Gasteiger partial charge in [-0.2, -0.15) is 5.10 Å². The van der Waals surface area contributed by atoms with E-state index < -0.39 is 5.97 Å². The number of hydrogen-bond donors (Lipinski definition) is 0. The van der Waals surface area contributed by atoms with Crippen molar-refractivity contribution in [2.24, 2.45) is 14.1 Å². The van der Waals surface area contributed by atoms with E-state index in [1.807, 2.05) is 23.7 Å². The summed E-state index contributed by atoms with van der Waals surface area (Å²) in [6, 6.07) is 5.48. The Hall–Kier alpha value is -2.34. The van der Waals surface area contributed by atoms with Crippen LogP contribution in [0.4, 0.5) is 0 Å². The third-order valence-corrected chi connectivity index (χ3v) is 3.62. The third-order valence-electron chi connectivity index (χ3n) is 3.38. The number of esters is 1. The van der Waals surface area contributed by atoms with Crippen LogP contribution >= 0.6 is 11.6 Å². The lowest BCUT2D eigenvalue weighted by Gasteiger charge is -2.03. The van der Waals surface area contributed by atoms with Crippen molar-refractivity contribution in [3.8, 4) is 11.4 Å². The maximum absolute atomic E-state index is 12.1. The average molecular weight is 319 g/mol. The summed E-state index contributed by atoms with van der Waals surface area (Å²) in [5.41, 5.74) is 2.59. The van der Waals surface area contributed by atoms with E-state index in [2.05, 4.69) is 10.1 Å². The third kappa shape index (κ3) is 2.35. The summed E-state index contributed by atoms with van der Waals surface area (Å²) in [6.07, 6.45) is 1.76. The van der Waals surface area contributed by atoms with Gasteiger partial charge in [-0.05, 0) is 25.1 Å². The quantitative estimate of drug-likeness (QED) is 0.697. The molecule has 0 aliphatic heterocycles. The van der Waals surface area contributed by atoms with Gasteiger partial charge in [-0.3, -0.25) is 4.68 Å². The summed E-state index contributed by atoms with van der Waals surface area (Å²) in [6.45, 7) is 2.06. The van der Waals surface area contributed by atoms with Gasteiger partial charge in [0, 0.05) is 25.3 Å².